The third kappa shape index (κ3) is 3.26. The SMILES string of the molecule is CCC(C)(O)c1cn(C2CCCN(c3ccc(C#N)cc3)C2=O)nn1. The van der Waals surface area contributed by atoms with Crippen molar-refractivity contribution >= 4 is 11.6 Å². The van der Waals surface area contributed by atoms with Crippen molar-refractivity contribution in [1.82, 2.24) is 15.0 Å². The van der Waals surface area contributed by atoms with Gasteiger partial charge in [-0.15, -0.1) is 5.10 Å². The number of anilines is 1. The monoisotopic (exact) mass is 339 g/mol. The number of carbonyl (C=O) groups excluding carboxylic acids is 1. The molecule has 0 radical (unpaired) electrons. The normalized spacial score (nSPS) is 20.2. The summed E-state index contributed by atoms with van der Waals surface area (Å²) in [5.41, 5.74) is 0.753. The summed E-state index contributed by atoms with van der Waals surface area (Å²) in [7, 11) is 0. The Morgan fingerprint density at radius 3 is 2.76 bits per heavy atom. The summed E-state index contributed by atoms with van der Waals surface area (Å²) in [5, 5.41) is 27.3. The van der Waals surface area contributed by atoms with Crippen molar-refractivity contribution < 1.29 is 9.90 Å². The van der Waals surface area contributed by atoms with Crippen molar-refractivity contribution in [3.8, 4) is 6.07 Å². The van der Waals surface area contributed by atoms with E-state index >= 15 is 0 Å². The molecule has 1 fully saturated rings. The molecule has 7 nitrogen and oxygen atoms in total. The average molecular weight is 339 g/mol. The first-order valence-corrected chi connectivity index (χ1v) is 8.42. The molecule has 25 heavy (non-hydrogen) atoms. The summed E-state index contributed by atoms with van der Waals surface area (Å²) in [6, 6.07) is 8.63. The van der Waals surface area contributed by atoms with Gasteiger partial charge in [-0.2, -0.15) is 5.26 Å². The van der Waals surface area contributed by atoms with E-state index in [4.69, 9.17) is 5.26 Å². The maximum atomic E-state index is 12.9. The van der Waals surface area contributed by atoms with E-state index in [0.29, 0.717) is 30.6 Å². The Kier molecular flexibility index (Phi) is 4.55. The molecule has 130 valence electrons. The van der Waals surface area contributed by atoms with Crippen LogP contribution in [0.25, 0.3) is 0 Å². The van der Waals surface area contributed by atoms with Crippen LogP contribution in [0.1, 0.15) is 50.4 Å². The summed E-state index contributed by atoms with van der Waals surface area (Å²) >= 11 is 0. The molecule has 1 aliphatic heterocycles. The molecule has 2 heterocycles. The number of nitriles is 1. The number of aliphatic hydroxyl groups is 1. The molecular weight excluding hydrogens is 318 g/mol. The standard InChI is InChI=1S/C18H21N5O2/c1-3-18(2,25)16-12-23(21-20-16)15-5-4-10-22(17(15)24)14-8-6-13(11-19)7-9-14/h6-9,12,15,25H,3-5,10H2,1-2H3. The van der Waals surface area contributed by atoms with Crippen LogP contribution in [0.3, 0.4) is 0 Å². The topological polar surface area (TPSA) is 95.0 Å². The van der Waals surface area contributed by atoms with Gasteiger partial charge in [-0.1, -0.05) is 12.1 Å². The number of hydrogen-bond acceptors (Lipinski definition) is 5. The van der Waals surface area contributed by atoms with E-state index in [1.54, 1.807) is 47.0 Å². The lowest BCUT2D eigenvalue weighted by atomic mass is 10.00. The molecule has 1 saturated heterocycles. The first kappa shape index (κ1) is 17.1. The van der Waals surface area contributed by atoms with Crippen LogP contribution in [0.4, 0.5) is 5.69 Å². The molecule has 2 aromatic rings. The first-order valence-electron chi connectivity index (χ1n) is 8.42. The Balaban J connectivity index is 1.84. The van der Waals surface area contributed by atoms with E-state index < -0.39 is 11.6 Å². The van der Waals surface area contributed by atoms with Gasteiger partial charge in [0.15, 0.2) is 0 Å². The van der Waals surface area contributed by atoms with Gasteiger partial charge in [0.25, 0.3) is 5.91 Å². The molecule has 3 rings (SSSR count). The fourth-order valence-electron chi connectivity index (χ4n) is 2.93. The fourth-order valence-corrected chi connectivity index (χ4v) is 2.93. The van der Waals surface area contributed by atoms with Crippen LogP contribution in [-0.2, 0) is 10.4 Å². The zero-order valence-electron chi connectivity index (χ0n) is 14.4. The lowest BCUT2D eigenvalue weighted by Gasteiger charge is -2.32. The van der Waals surface area contributed by atoms with E-state index in [2.05, 4.69) is 16.4 Å². The molecule has 7 heteroatoms. The van der Waals surface area contributed by atoms with Gasteiger partial charge in [0.2, 0.25) is 0 Å². The van der Waals surface area contributed by atoms with Crippen molar-refractivity contribution in [1.29, 1.82) is 5.26 Å². The van der Waals surface area contributed by atoms with Crippen LogP contribution in [0.2, 0.25) is 0 Å². The van der Waals surface area contributed by atoms with E-state index in [9.17, 15) is 9.90 Å². The van der Waals surface area contributed by atoms with Crippen molar-refractivity contribution in [3.63, 3.8) is 0 Å². The zero-order chi connectivity index (χ0) is 18.0. The summed E-state index contributed by atoms with van der Waals surface area (Å²) in [6.07, 6.45) is 3.70. The fraction of sp³-hybridized carbons (Fsp3) is 0.444. The van der Waals surface area contributed by atoms with Gasteiger partial charge in [0, 0.05) is 12.2 Å². The Labute approximate surface area is 146 Å². The Hall–Kier alpha value is -2.72. The summed E-state index contributed by atoms with van der Waals surface area (Å²) in [5.74, 6) is -0.0523. The molecule has 1 aromatic carbocycles. The number of carbonyl (C=O) groups is 1. The predicted molar refractivity (Wildman–Crippen MR) is 91.7 cm³/mol. The highest BCUT2D eigenvalue weighted by Gasteiger charge is 2.33. The molecule has 1 N–H and O–H groups in total. The third-order valence-electron chi connectivity index (χ3n) is 4.79. The van der Waals surface area contributed by atoms with Crippen LogP contribution in [0.5, 0.6) is 0 Å². The summed E-state index contributed by atoms with van der Waals surface area (Å²) in [6.45, 7) is 4.19. The van der Waals surface area contributed by atoms with Crippen LogP contribution in [-0.4, -0.2) is 32.6 Å². The number of benzene rings is 1. The van der Waals surface area contributed by atoms with Crippen molar-refractivity contribution in [2.24, 2.45) is 0 Å². The third-order valence-corrected chi connectivity index (χ3v) is 4.79. The number of aromatic nitrogens is 3. The molecular formula is C18H21N5O2. The molecule has 0 aliphatic carbocycles. The van der Waals surface area contributed by atoms with E-state index in [1.165, 1.54) is 0 Å². The number of amides is 1. The van der Waals surface area contributed by atoms with Crippen molar-refractivity contribution in [2.45, 2.75) is 44.8 Å². The van der Waals surface area contributed by atoms with Gasteiger partial charge in [0.05, 0.1) is 17.8 Å². The minimum absolute atomic E-state index is 0.0523. The minimum atomic E-state index is -1.05. The van der Waals surface area contributed by atoms with Gasteiger partial charge in [-0.3, -0.25) is 4.79 Å². The summed E-state index contributed by atoms with van der Waals surface area (Å²) < 4.78 is 1.55. The second kappa shape index (κ2) is 6.65. The molecule has 0 spiro atoms. The molecule has 0 saturated carbocycles. The van der Waals surface area contributed by atoms with Crippen LogP contribution in [0.15, 0.2) is 30.5 Å². The Morgan fingerprint density at radius 1 is 1.40 bits per heavy atom. The van der Waals surface area contributed by atoms with Gasteiger partial charge in [-0.25, -0.2) is 4.68 Å². The van der Waals surface area contributed by atoms with Crippen LogP contribution in [0, 0.1) is 11.3 Å². The number of nitrogens with zero attached hydrogens (tertiary/aromatic N) is 5. The van der Waals surface area contributed by atoms with Gasteiger partial charge in [0.1, 0.15) is 17.3 Å². The average Bonchev–Trinajstić information content (AvgIpc) is 3.13. The lowest BCUT2D eigenvalue weighted by molar-refractivity contribution is -0.123. The van der Waals surface area contributed by atoms with Crippen LogP contribution < -0.4 is 4.90 Å². The quantitative estimate of drug-likeness (QED) is 0.921. The maximum Gasteiger partial charge on any atom is 0.251 e. The van der Waals surface area contributed by atoms with E-state index in [0.717, 1.165) is 12.1 Å². The lowest BCUT2D eigenvalue weighted by Crippen LogP contribution is -2.42. The van der Waals surface area contributed by atoms with Gasteiger partial charge in [-0.05, 0) is 50.5 Å². The van der Waals surface area contributed by atoms with Crippen molar-refractivity contribution in [2.75, 3.05) is 11.4 Å². The van der Waals surface area contributed by atoms with Crippen molar-refractivity contribution in [3.05, 3.63) is 41.7 Å². The second-order valence-electron chi connectivity index (χ2n) is 6.52. The molecule has 1 aromatic heterocycles. The minimum Gasteiger partial charge on any atom is -0.384 e. The number of hydrogen-bond donors (Lipinski definition) is 1. The smallest absolute Gasteiger partial charge is 0.251 e. The highest BCUT2D eigenvalue weighted by molar-refractivity contribution is 5.96. The predicted octanol–water partition coefficient (Wildman–Crippen LogP) is 2.14. The molecule has 1 aliphatic rings. The van der Waals surface area contributed by atoms with Crippen LogP contribution >= 0.6 is 0 Å². The maximum absolute atomic E-state index is 12.9. The molecule has 0 bridgehead atoms. The summed E-state index contributed by atoms with van der Waals surface area (Å²) in [4.78, 5) is 14.6. The van der Waals surface area contributed by atoms with E-state index in [-0.39, 0.29) is 5.91 Å². The number of piperidine rings is 1. The molecule has 2 unspecified atom stereocenters. The largest absolute Gasteiger partial charge is 0.384 e. The number of rotatable bonds is 4. The Morgan fingerprint density at radius 2 is 2.12 bits per heavy atom. The highest BCUT2D eigenvalue weighted by Crippen LogP contribution is 2.29. The Bertz CT molecular complexity index is 804. The van der Waals surface area contributed by atoms with Gasteiger partial charge >= 0.3 is 0 Å². The zero-order valence-corrected chi connectivity index (χ0v) is 14.4. The van der Waals surface area contributed by atoms with Gasteiger partial charge < -0.3 is 10.0 Å². The van der Waals surface area contributed by atoms with E-state index in [1.807, 2.05) is 6.92 Å². The first-order chi connectivity index (χ1) is 12.0. The highest BCUT2D eigenvalue weighted by atomic mass is 16.3. The molecule has 2 atom stereocenters. The second-order valence-corrected chi connectivity index (χ2v) is 6.52. The molecule has 1 amide bonds.